The van der Waals surface area contributed by atoms with Gasteiger partial charge in [-0.3, -0.25) is 9.59 Å². The number of benzene rings is 3. The number of carbonyl (C=O) groups is 2. The van der Waals surface area contributed by atoms with Crippen molar-refractivity contribution < 1.29 is 9.59 Å². The molecular weight excluding hydrogens is 362 g/mol. The number of imidazole rings is 1. The zero-order chi connectivity index (χ0) is 20.2. The van der Waals surface area contributed by atoms with Crippen LogP contribution in [-0.4, -0.2) is 21.2 Å². The van der Waals surface area contributed by atoms with Gasteiger partial charge in [0.25, 0.3) is 5.91 Å². The highest BCUT2D eigenvalue weighted by molar-refractivity contribution is 6.09. The average molecular weight is 381 g/mol. The fourth-order valence-electron chi connectivity index (χ4n) is 3.17. The summed E-state index contributed by atoms with van der Waals surface area (Å²) in [5.74, 6) is 0.0102. The van der Waals surface area contributed by atoms with E-state index in [-0.39, 0.29) is 11.7 Å². The number of nitrogens with one attached hydrogen (secondary N) is 1. The fraction of sp³-hybridized carbons (Fsp3) is 0.0417. The Balaban J connectivity index is 1.54. The minimum absolute atomic E-state index is 0.162. The first kappa shape index (κ1) is 18.4. The standard InChI is InChI=1S/C24H19N3O2/c1-27-16-15-25-23(27)22(28)18-11-13-19(14-12-18)26-24(29)21-10-6-5-9-20(21)17-7-3-2-4-8-17/h2-16H,1H3,(H,26,29). The fourth-order valence-corrected chi connectivity index (χ4v) is 3.17. The van der Waals surface area contributed by atoms with E-state index in [0.29, 0.717) is 22.6 Å². The molecule has 5 heteroatoms. The van der Waals surface area contributed by atoms with Crippen LogP contribution < -0.4 is 5.32 Å². The number of hydrogen-bond acceptors (Lipinski definition) is 3. The topological polar surface area (TPSA) is 64.0 Å². The first-order valence-electron chi connectivity index (χ1n) is 9.21. The molecule has 0 aliphatic rings. The van der Waals surface area contributed by atoms with Crippen molar-refractivity contribution in [2.75, 3.05) is 5.32 Å². The Hall–Kier alpha value is -3.99. The van der Waals surface area contributed by atoms with E-state index >= 15 is 0 Å². The van der Waals surface area contributed by atoms with Gasteiger partial charge in [0.15, 0.2) is 5.82 Å². The second-order valence-electron chi connectivity index (χ2n) is 6.63. The highest BCUT2D eigenvalue weighted by Gasteiger charge is 2.15. The number of amides is 1. The van der Waals surface area contributed by atoms with Crippen LogP contribution in [0.3, 0.4) is 0 Å². The summed E-state index contributed by atoms with van der Waals surface area (Å²) < 4.78 is 1.68. The van der Waals surface area contributed by atoms with Gasteiger partial charge >= 0.3 is 0 Å². The van der Waals surface area contributed by atoms with Crippen LogP contribution in [0.15, 0.2) is 91.3 Å². The summed E-state index contributed by atoms with van der Waals surface area (Å²) >= 11 is 0. The van der Waals surface area contributed by atoms with Gasteiger partial charge in [0.2, 0.25) is 5.78 Å². The normalized spacial score (nSPS) is 10.5. The van der Waals surface area contributed by atoms with E-state index < -0.39 is 0 Å². The lowest BCUT2D eigenvalue weighted by atomic mass is 9.99. The molecule has 1 N–H and O–H groups in total. The number of nitrogens with zero attached hydrogens (tertiary/aromatic N) is 2. The lowest BCUT2D eigenvalue weighted by Gasteiger charge is -2.11. The number of ketones is 1. The minimum Gasteiger partial charge on any atom is -0.331 e. The van der Waals surface area contributed by atoms with Crippen molar-refractivity contribution in [3.63, 3.8) is 0 Å². The van der Waals surface area contributed by atoms with Gasteiger partial charge in [0, 0.05) is 36.3 Å². The van der Waals surface area contributed by atoms with Crippen LogP contribution in [0.25, 0.3) is 11.1 Å². The monoisotopic (exact) mass is 381 g/mol. The number of hydrogen-bond donors (Lipinski definition) is 1. The molecule has 0 saturated heterocycles. The molecule has 5 nitrogen and oxygen atoms in total. The van der Waals surface area contributed by atoms with Crippen LogP contribution in [0, 0.1) is 0 Å². The zero-order valence-corrected chi connectivity index (χ0v) is 15.9. The SMILES string of the molecule is Cn1ccnc1C(=O)c1ccc(NC(=O)c2ccccc2-c2ccccc2)cc1. The zero-order valence-electron chi connectivity index (χ0n) is 15.9. The summed E-state index contributed by atoms with van der Waals surface area (Å²) in [6.45, 7) is 0. The molecule has 0 saturated carbocycles. The average Bonchev–Trinajstić information content (AvgIpc) is 3.20. The lowest BCUT2D eigenvalue weighted by molar-refractivity contribution is 0.102. The summed E-state index contributed by atoms with van der Waals surface area (Å²) in [7, 11) is 1.78. The molecule has 0 spiro atoms. The molecule has 1 amide bonds. The van der Waals surface area contributed by atoms with E-state index in [2.05, 4.69) is 10.3 Å². The predicted molar refractivity (Wildman–Crippen MR) is 113 cm³/mol. The molecule has 142 valence electrons. The van der Waals surface area contributed by atoms with Gasteiger partial charge in [0.1, 0.15) is 0 Å². The third-order valence-electron chi connectivity index (χ3n) is 4.69. The Bertz CT molecular complexity index is 1160. The minimum atomic E-state index is -0.201. The summed E-state index contributed by atoms with van der Waals surface area (Å²) in [5.41, 5.74) is 3.57. The van der Waals surface area contributed by atoms with Crippen molar-refractivity contribution in [3.05, 3.63) is 108 Å². The maximum atomic E-state index is 12.9. The van der Waals surface area contributed by atoms with Gasteiger partial charge in [0.05, 0.1) is 0 Å². The Labute approximate surface area is 168 Å². The molecule has 0 aliphatic carbocycles. The molecule has 1 heterocycles. The highest BCUT2D eigenvalue weighted by atomic mass is 16.1. The Morgan fingerprint density at radius 3 is 2.24 bits per heavy atom. The smallest absolute Gasteiger partial charge is 0.256 e. The molecule has 0 bridgehead atoms. The van der Waals surface area contributed by atoms with Crippen molar-refractivity contribution in [1.82, 2.24) is 9.55 Å². The molecule has 4 aromatic rings. The second kappa shape index (κ2) is 7.94. The predicted octanol–water partition coefficient (Wildman–Crippen LogP) is 4.57. The van der Waals surface area contributed by atoms with Crippen LogP contribution in [0.4, 0.5) is 5.69 Å². The Morgan fingerprint density at radius 1 is 0.862 bits per heavy atom. The molecule has 0 radical (unpaired) electrons. The third kappa shape index (κ3) is 3.84. The lowest BCUT2D eigenvalue weighted by Crippen LogP contribution is -2.13. The van der Waals surface area contributed by atoms with Crippen LogP contribution >= 0.6 is 0 Å². The quantitative estimate of drug-likeness (QED) is 0.515. The van der Waals surface area contributed by atoms with Crippen molar-refractivity contribution >= 4 is 17.4 Å². The first-order valence-corrected chi connectivity index (χ1v) is 9.21. The van der Waals surface area contributed by atoms with Crippen molar-refractivity contribution in [1.29, 1.82) is 0 Å². The summed E-state index contributed by atoms with van der Waals surface area (Å²) in [5, 5.41) is 2.91. The molecule has 0 unspecified atom stereocenters. The highest BCUT2D eigenvalue weighted by Crippen LogP contribution is 2.24. The van der Waals surface area contributed by atoms with Gasteiger partial charge in [-0.2, -0.15) is 0 Å². The van der Waals surface area contributed by atoms with Gasteiger partial charge in [-0.1, -0.05) is 48.5 Å². The van der Waals surface area contributed by atoms with Crippen molar-refractivity contribution in [2.24, 2.45) is 7.05 Å². The van der Waals surface area contributed by atoms with Crippen LogP contribution in [0.2, 0.25) is 0 Å². The number of anilines is 1. The van der Waals surface area contributed by atoms with Crippen molar-refractivity contribution in [2.45, 2.75) is 0 Å². The number of carbonyl (C=O) groups excluding carboxylic acids is 2. The second-order valence-corrected chi connectivity index (χ2v) is 6.63. The molecule has 3 aromatic carbocycles. The maximum absolute atomic E-state index is 12.9. The van der Waals surface area contributed by atoms with Crippen molar-refractivity contribution in [3.8, 4) is 11.1 Å². The van der Waals surface area contributed by atoms with Crippen LogP contribution in [0.5, 0.6) is 0 Å². The molecule has 0 atom stereocenters. The summed E-state index contributed by atoms with van der Waals surface area (Å²) in [4.78, 5) is 29.5. The molecule has 0 aliphatic heterocycles. The first-order chi connectivity index (χ1) is 14.1. The summed E-state index contributed by atoms with van der Waals surface area (Å²) in [6, 6.07) is 24.1. The van der Waals surface area contributed by atoms with Gasteiger partial charge in [-0.25, -0.2) is 4.98 Å². The van der Waals surface area contributed by atoms with E-state index in [0.717, 1.165) is 11.1 Å². The molecule has 0 fully saturated rings. The van der Waals surface area contributed by atoms with E-state index in [1.807, 2.05) is 48.5 Å². The van der Waals surface area contributed by atoms with E-state index in [1.165, 1.54) is 0 Å². The Kier molecular flexibility index (Phi) is 5.03. The molecule has 4 rings (SSSR count). The maximum Gasteiger partial charge on any atom is 0.256 e. The van der Waals surface area contributed by atoms with Crippen LogP contribution in [0.1, 0.15) is 26.5 Å². The van der Waals surface area contributed by atoms with Gasteiger partial charge < -0.3 is 9.88 Å². The van der Waals surface area contributed by atoms with Crippen LogP contribution in [-0.2, 0) is 7.05 Å². The summed E-state index contributed by atoms with van der Waals surface area (Å²) in [6.07, 6.45) is 3.32. The van der Waals surface area contributed by atoms with E-state index in [9.17, 15) is 9.59 Å². The van der Waals surface area contributed by atoms with Gasteiger partial charge in [-0.05, 0) is 41.5 Å². The molecular formula is C24H19N3O2. The molecule has 29 heavy (non-hydrogen) atoms. The number of aryl methyl sites for hydroxylation is 1. The number of aromatic nitrogens is 2. The largest absolute Gasteiger partial charge is 0.331 e. The molecule has 1 aromatic heterocycles. The van der Waals surface area contributed by atoms with Gasteiger partial charge in [-0.15, -0.1) is 0 Å². The van der Waals surface area contributed by atoms with E-state index in [4.69, 9.17) is 0 Å². The Morgan fingerprint density at radius 2 is 1.55 bits per heavy atom. The third-order valence-corrected chi connectivity index (χ3v) is 4.69. The number of rotatable bonds is 5. The van der Waals surface area contributed by atoms with E-state index in [1.54, 1.807) is 54.3 Å².